The lowest BCUT2D eigenvalue weighted by Gasteiger charge is -2.16. The van der Waals surface area contributed by atoms with Gasteiger partial charge >= 0.3 is 0 Å². The Hall–Kier alpha value is -1.02. The summed E-state index contributed by atoms with van der Waals surface area (Å²) < 4.78 is 0. The summed E-state index contributed by atoms with van der Waals surface area (Å²) in [6.45, 7) is 5.95. The van der Waals surface area contributed by atoms with E-state index in [2.05, 4.69) is 0 Å². The molecule has 2 rings (SSSR count). The Bertz CT molecular complexity index is 600. The Morgan fingerprint density at radius 3 is 2.16 bits per heavy atom. The van der Waals surface area contributed by atoms with Crippen LogP contribution >= 0.6 is 23.2 Å². The van der Waals surface area contributed by atoms with Crippen molar-refractivity contribution in [3.8, 4) is 0 Å². The molecule has 0 amide bonds. The zero-order valence-corrected chi connectivity index (χ0v) is 12.7. The lowest BCUT2D eigenvalue weighted by Crippen LogP contribution is -2.02. The average molecular weight is 295 g/mol. The van der Waals surface area contributed by atoms with Gasteiger partial charge in [-0.15, -0.1) is 0 Å². The summed E-state index contributed by atoms with van der Waals surface area (Å²) in [5.41, 5.74) is 4.71. The van der Waals surface area contributed by atoms with Crippen molar-refractivity contribution >= 4 is 23.2 Å². The van der Waals surface area contributed by atoms with Crippen LogP contribution in [0.3, 0.4) is 0 Å². The maximum absolute atomic E-state index is 10.5. The molecule has 0 aliphatic heterocycles. The Labute approximate surface area is 123 Å². The minimum absolute atomic E-state index is 0.577. The van der Waals surface area contributed by atoms with Gasteiger partial charge in [0.1, 0.15) is 6.10 Å². The van der Waals surface area contributed by atoms with E-state index in [1.165, 1.54) is 0 Å². The molecule has 19 heavy (non-hydrogen) atoms. The maximum atomic E-state index is 10.5. The number of benzene rings is 2. The quantitative estimate of drug-likeness (QED) is 0.826. The van der Waals surface area contributed by atoms with Crippen LogP contribution in [0.1, 0.15) is 33.9 Å². The largest absolute Gasteiger partial charge is 0.384 e. The Morgan fingerprint density at radius 1 is 0.895 bits per heavy atom. The Morgan fingerprint density at radius 2 is 1.53 bits per heavy atom. The molecule has 1 nitrogen and oxygen atoms in total. The van der Waals surface area contributed by atoms with Gasteiger partial charge in [0.25, 0.3) is 0 Å². The van der Waals surface area contributed by atoms with Crippen LogP contribution in [0.5, 0.6) is 0 Å². The van der Waals surface area contributed by atoms with Crippen molar-refractivity contribution in [1.82, 2.24) is 0 Å². The molecule has 3 heteroatoms. The fraction of sp³-hybridized carbons (Fsp3) is 0.250. The van der Waals surface area contributed by atoms with Gasteiger partial charge in [-0.25, -0.2) is 0 Å². The third kappa shape index (κ3) is 3.11. The van der Waals surface area contributed by atoms with E-state index in [0.29, 0.717) is 15.6 Å². The topological polar surface area (TPSA) is 20.2 Å². The van der Waals surface area contributed by atoms with Gasteiger partial charge in [-0.1, -0.05) is 35.3 Å². The molecule has 100 valence electrons. The van der Waals surface area contributed by atoms with Crippen LogP contribution in [-0.4, -0.2) is 5.11 Å². The number of hydrogen-bond acceptors (Lipinski definition) is 1. The van der Waals surface area contributed by atoms with Crippen molar-refractivity contribution in [1.29, 1.82) is 0 Å². The third-order valence-electron chi connectivity index (χ3n) is 3.29. The van der Waals surface area contributed by atoms with E-state index in [9.17, 15) is 5.11 Å². The minimum atomic E-state index is -0.760. The number of rotatable bonds is 2. The molecular weight excluding hydrogens is 279 g/mol. The summed E-state index contributed by atoms with van der Waals surface area (Å²) in [6.07, 6.45) is -0.760. The summed E-state index contributed by atoms with van der Waals surface area (Å²) in [5, 5.41) is 11.7. The average Bonchev–Trinajstić information content (AvgIpc) is 2.31. The fourth-order valence-electron chi connectivity index (χ4n) is 2.11. The molecule has 0 aliphatic rings. The molecular formula is C16H16Cl2O. The molecule has 0 bridgehead atoms. The smallest absolute Gasteiger partial charge is 0.106 e. The molecule has 0 aliphatic carbocycles. The summed E-state index contributed by atoms with van der Waals surface area (Å²) >= 11 is 12.3. The van der Waals surface area contributed by atoms with Crippen LogP contribution < -0.4 is 0 Å². The normalized spacial score (nSPS) is 12.5. The zero-order valence-electron chi connectivity index (χ0n) is 11.2. The molecule has 2 aromatic rings. The van der Waals surface area contributed by atoms with Crippen molar-refractivity contribution in [2.45, 2.75) is 26.9 Å². The first kappa shape index (κ1) is 14.4. The van der Waals surface area contributed by atoms with E-state index in [4.69, 9.17) is 23.2 Å². The monoisotopic (exact) mass is 294 g/mol. The number of halogens is 2. The molecule has 0 aromatic heterocycles. The van der Waals surface area contributed by atoms with Crippen LogP contribution in [0.4, 0.5) is 0 Å². The number of hydrogen-bond donors (Lipinski definition) is 1. The van der Waals surface area contributed by atoms with Gasteiger partial charge in [0.2, 0.25) is 0 Å². The second-order valence-electron chi connectivity index (χ2n) is 4.92. The third-order valence-corrected chi connectivity index (χ3v) is 3.83. The fourth-order valence-corrected chi connectivity index (χ4v) is 2.73. The number of aliphatic hydroxyl groups excluding tert-OH is 1. The number of aryl methyl sites for hydroxylation is 3. The standard InChI is InChI=1S/C16H16Cl2O/c1-9-4-12(8-13(17)5-9)16(19)14-6-10(2)11(3)7-15(14)18/h4-8,16,19H,1-3H3. The second kappa shape index (κ2) is 5.54. The van der Waals surface area contributed by atoms with Gasteiger partial charge in [-0.3, -0.25) is 0 Å². The van der Waals surface area contributed by atoms with E-state index < -0.39 is 6.10 Å². The summed E-state index contributed by atoms with van der Waals surface area (Å²) in [7, 11) is 0. The summed E-state index contributed by atoms with van der Waals surface area (Å²) in [4.78, 5) is 0. The molecule has 0 radical (unpaired) electrons. The highest BCUT2D eigenvalue weighted by Gasteiger charge is 2.16. The molecule has 1 atom stereocenters. The molecule has 1 unspecified atom stereocenters. The first-order valence-electron chi connectivity index (χ1n) is 6.10. The van der Waals surface area contributed by atoms with Crippen LogP contribution in [0.2, 0.25) is 10.0 Å². The minimum Gasteiger partial charge on any atom is -0.384 e. The van der Waals surface area contributed by atoms with E-state index in [-0.39, 0.29) is 0 Å². The van der Waals surface area contributed by atoms with Gasteiger partial charge in [-0.2, -0.15) is 0 Å². The van der Waals surface area contributed by atoms with Crippen molar-refractivity contribution in [3.63, 3.8) is 0 Å². The number of aliphatic hydroxyl groups is 1. The molecule has 0 fully saturated rings. The lowest BCUT2D eigenvalue weighted by molar-refractivity contribution is 0.220. The zero-order chi connectivity index (χ0) is 14.2. The molecule has 0 saturated heterocycles. The van der Waals surface area contributed by atoms with E-state index in [1.807, 2.05) is 45.0 Å². The van der Waals surface area contributed by atoms with Crippen LogP contribution in [0, 0.1) is 20.8 Å². The van der Waals surface area contributed by atoms with Crippen LogP contribution in [0.25, 0.3) is 0 Å². The SMILES string of the molecule is Cc1cc(Cl)cc(C(O)c2cc(C)c(C)cc2Cl)c1. The molecule has 1 N–H and O–H groups in total. The van der Waals surface area contributed by atoms with Crippen molar-refractivity contribution in [2.75, 3.05) is 0 Å². The first-order valence-corrected chi connectivity index (χ1v) is 6.86. The predicted octanol–water partition coefficient (Wildman–Crippen LogP) is 5.00. The van der Waals surface area contributed by atoms with Gasteiger partial charge < -0.3 is 5.11 Å². The van der Waals surface area contributed by atoms with E-state index >= 15 is 0 Å². The van der Waals surface area contributed by atoms with E-state index in [0.717, 1.165) is 22.3 Å². The Kier molecular flexibility index (Phi) is 4.19. The van der Waals surface area contributed by atoms with Gasteiger partial charge in [0.15, 0.2) is 0 Å². The van der Waals surface area contributed by atoms with Crippen molar-refractivity contribution in [3.05, 3.63) is 68.2 Å². The maximum Gasteiger partial charge on any atom is 0.106 e. The molecule has 0 heterocycles. The molecule has 0 spiro atoms. The molecule has 2 aromatic carbocycles. The highest BCUT2D eigenvalue weighted by molar-refractivity contribution is 6.31. The summed E-state index contributed by atoms with van der Waals surface area (Å²) in [5.74, 6) is 0. The van der Waals surface area contributed by atoms with Crippen LogP contribution in [-0.2, 0) is 0 Å². The second-order valence-corrected chi connectivity index (χ2v) is 5.77. The van der Waals surface area contributed by atoms with Crippen molar-refractivity contribution < 1.29 is 5.11 Å². The summed E-state index contributed by atoms with van der Waals surface area (Å²) in [6, 6.07) is 9.36. The van der Waals surface area contributed by atoms with Crippen molar-refractivity contribution in [2.24, 2.45) is 0 Å². The highest BCUT2D eigenvalue weighted by atomic mass is 35.5. The van der Waals surface area contributed by atoms with Gasteiger partial charge in [-0.05, 0) is 61.2 Å². The Balaban J connectivity index is 2.49. The lowest BCUT2D eigenvalue weighted by atomic mass is 9.97. The van der Waals surface area contributed by atoms with E-state index in [1.54, 1.807) is 6.07 Å². The molecule has 0 saturated carbocycles. The van der Waals surface area contributed by atoms with Gasteiger partial charge in [0.05, 0.1) is 0 Å². The highest BCUT2D eigenvalue weighted by Crippen LogP contribution is 2.32. The predicted molar refractivity (Wildman–Crippen MR) is 81.2 cm³/mol. The first-order chi connectivity index (χ1) is 8.88. The van der Waals surface area contributed by atoms with Gasteiger partial charge in [0, 0.05) is 15.6 Å². The van der Waals surface area contributed by atoms with Crippen LogP contribution in [0.15, 0.2) is 30.3 Å².